The lowest BCUT2D eigenvalue weighted by Crippen LogP contribution is -2.36. The summed E-state index contributed by atoms with van der Waals surface area (Å²) in [6, 6.07) is 0.197. The zero-order valence-electron chi connectivity index (χ0n) is 12.8. The maximum absolute atomic E-state index is 8.40. The molecule has 0 bridgehead atoms. The summed E-state index contributed by atoms with van der Waals surface area (Å²) in [6.07, 6.45) is 10.1. The number of hydrogen-bond acceptors (Lipinski definition) is 4. The maximum Gasteiger partial charge on any atom is 0.0590 e. The molecule has 1 aliphatic heterocycles. The highest BCUT2D eigenvalue weighted by molar-refractivity contribution is 4.83. The predicted molar refractivity (Wildman–Crippen MR) is 85.0 cm³/mol. The van der Waals surface area contributed by atoms with Crippen molar-refractivity contribution in [3.05, 3.63) is 10.4 Å². The molecule has 6 nitrogen and oxygen atoms in total. The molecular weight excluding hydrogens is 266 g/mol. The summed E-state index contributed by atoms with van der Waals surface area (Å²) in [5.41, 5.74) is 8.40. The van der Waals surface area contributed by atoms with Crippen LogP contribution in [-0.4, -0.2) is 56.9 Å². The van der Waals surface area contributed by atoms with Gasteiger partial charge in [-0.25, -0.2) is 0 Å². The maximum atomic E-state index is 8.40. The summed E-state index contributed by atoms with van der Waals surface area (Å²) in [7, 11) is 0. The highest BCUT2D eigenvalue weighted by Gasteiger charge is 2.17. The normalized spacial score (nSPS) is 16.3. The second kappa shape index (κ2) is 12.5. The molecule has 1 fully saturated rings. The van der Waals surface area contributed by atoms with Crippen LogP contribution in [0.15, 0.2) is 5.11 Å². The van der Waals surface area contributed by atoms with Crippen LogP contribution in [0.3, 0.4) is 0 Å². The second-order valence-corrected chi connectivity index (χ2v) is 5.30. The van der Waals surface area contributed by atoms with Crippen LogP contribution >= 0.6 is 0 Å². The summed E-state index contributed by atoms with van der Waals surface area (Å²) >= 11 is 0. The molecule has 0 aromatic carbocycles. The van der Waals surface area contributed by atoms with Crippen molar-refractivity contribution in [3.8, 4) is 12.3 Å². The Bertz CT molecular complexity index is 340. The number of piperidine rings is 1. The SMILES string of the molecule is C#CCCCNCCOCCCN1CCC(N=[N+]=[N-])CC1. The summed E-state index contributed by atoms with van der Waals surface area (Å²) in [4.78, 5) is 5.30. The average molecular weight is 293 g/mol. The fourth-order valence-electron chi connectivity index (χ4n) is 2.41. The van der Waals surface area contributed by atoms with E-state index in [0.717, 1.165) is 78.0 Å². The molecule has 0 saturated carbocycles. The van der Waals surface area contributed by atoms with E-state index in [-0.39, 0.29) is 6.04 Å². The van der Waals surface area contributed by atoms with Crippen molar-refractivity contribution in [2.75, 3.05) is 45.9 Å². The van der Waals surface area contributed by atoms with E-state index in [4.69, 9.17) is 16.7 Å². The van der Waals surface area contributed by atoms with Crippen molar-refractivity contribution in [2.45, 2.75) is 38.1 Å². The van der Waals surface area contributed by atoms with Crippen LogP contribution in [0, 0.1) is 12.3 Å². The third-order valence-corrected chi connectivity index (χ3v) is 3.63. The molecule has 0 aliphatic carbocycles. The highest BCUT2D eigenvalue weighted by atomic mass is 16.5. The van der Waals surface area contributed by atoms with E-state index < -0.39 is 0 Å². The summed E-state index contributed by atoms with van der Waals surface area (Å²) in [5.74, 6) is 2.63. The minimum absolute atomic E-state index is 0.197. The Kier molecular flexibility index (Phi) is 10.6. The van der Waals surface area contributed by atoms with E-state index in [1.54, 1.807) is 0 Å². The van der Waals surface area contributed by atoms with Crippen LogP contribution in [0.25, 0.3) is 10.4 Å². The fraction of sp³-hybridized carbons (Fsp3) is 0.867. The number of likely N-dealkylation sites (tertiary alicyclic amines) is 1. The Morgan fingerprint density at radius 1 is 1.29 bits per heavy atom. The zero-order chi connectivity index (χ0) is 15.2. The van der Waals surface area contributed by atoms with Crippen molar-refractivity contribution in [1.29, 1.82) is 0 Å². The zero-order valence-corrected chi connectivity index (χ0v) is 12.8. The van der Waals surface area contributed by atoms with Gasteiger partial charge in [0, 0.05) is 37.1 Å². The van der Waals surface area contributed by atoms with Crippen LogP contribution in [0.5, 0.6) is 0 Å². The smallest absolute Gasteiger partial charge is 0.0590 e. The van der Waals surface area contributed by atoms with E-state index in [1.807, 2.05) is 0 Å². The van der Waals surface area contributed by atoms with Gasteiger partial charge >= 0.3 is 0 Å². The molecule has 1 aliphatic rings. The van der Waals surface area contributed by atoms with Gasteiger partial charge in [-0.2, -0.15) is 0 Å². The number of rotatable bonds is 11. The molecule has 1 N–H and O–H groups in total. The summed E-state index contributed by atoms with van der Waals surface area (Å²) in [5, 5.41) is 7.09. The van der Waals surface area contributed by atoms with Crippen LogP contribution in [0.1, 0.15) is 32.1 Å². The lowest BCUT2D eigenvalue weighted by atomic mass is 10.1. The number of azide groups is 1. The van der Waals surface area contributed by atoms with Gasteiger partial charge in [0.05, 0.1) is 6.61 Å². The topological polar surface area (TPSA) is 73.3 Å². The van der Waals surface area contributed by atoms with Gasteiger partial charge in [-0.15, -0.1) is 12.3 Å². The highest BCUT2D eigenvalue weighted by Crippen LogP contribution is 2.13. The molecule has 21 heavy (non-hydrogen) atoms. The fourth-order valence-corrected chi connectivity index (χ4v) is 2.41. The molecule has 1 heterocycles. The average Bonchev–Trinajstić information content (AvgIpc) is 2.51. The van der Waals surface area contributed by atoms with Crippen molar-refractivity contribution in [3.63, 3.8) is 0 Å². The van der Waals surface area contributed by atoms with Crippen molar-refractivity contribution >= 4 is 0 Å². The number of ether oxygens (including phenoxy) is 1. The Balaban J connectivity index is 1.85. The van der Waals surface area contributed by atoms with Crippen LogP contribution in [0.4, 0.5) is 0 Å². The van der Waals surface area contributed by atoms with Crippen molar-refractivity contribution < 1.29 is 4.74 Å². The minimum atomic E-state index is 0.197. The van der Waals surface area contributed by atoms with Gasteiger partial charge in [0.15, 0.2) is 0 Å². The van der Waals surface area contributed by atoms with E-state index in [2.05, 4.69) is 26.2 Å². The number of terminal acetylenes is 1. The van der Waals surface area contributed by atoms with Gasteiger partial charge in [-0.3, -0.25) is 0 Å². The number of nitrogens with one attached hydrogen (secondary N) is 1. The quantitative estimate of drug-likeness (QED) is 0.209. The Morgan fingerprint density at radius 2 is 2.10 bits per heavy atom. The standard InChI is InChI=1S/C15H27N5O/c1-2-3-4-8-17-9-14-21-13-5-10-20-11-6-15(7-12-20)18-19-16/h1,15,17H,3-14H2. The van der Waals surface area contributed by atoms with Crippen LogP contribution in [0.2, 0.25) is 0 Å². The molecule has 0 unspecified atom stereocenters. The number of nitrogens with zero attached hydrogens (tertiary/aromatic N) is 4. The minimum Gasteiger partial charge on any atom is -0.380 e. The lowest BCUT2D eigenvalue weighted by Gasteiger charge is -2.29. The van der Waals surface area contributed by atoms with Gasteiger partial charge in [0.25, 0.3) is 0 Å². The van der Waals surface area contributed by atoms with E-state index >= 15 is 0 Å². The molecular formula is C15H27N5O. The molecule has 0 amide bonds. The molecule has 0 atom stereocenters. The summed E-state index contributed by atoms with van der Waals surface area (Å²) in [6.45, 7) is 6.55. The molecule has 6 heteroatoms. The number of unbranched alkanes of at least 4 members (excludes halogenated alkanes) is 1. The Hall–Kier alpha value is -1.25. The van der Waals surface area contributed by atoms with Gasteiger partial charge in [0.1, 0.15) is 0 Å². The molecule has 0 aromatic rings. The third-order valence-electron chi connectivity index (χ3n) is 3.63. The van der Waals surface area contributed by atoms with E-state index in [1.165, 1.54) is 0 Å². The molecule has 0 spiro atoms. The van der Waals surface area contributed by atoms with Gasteiger partial charge < -0.3 is 15.0 Å². The van der Waals surface area contributed by atoms with Crippen molar-refractivity contribution in [1.82, 2.24) is 10.2 Å². The van der Waals surface area contributed by atoms with Gasteiger partial charge in [0.2, 0.25) is 0 Å². The van der Waals surface area contributed by atoms with Gasteiger partial charge in [-0.1, -0.05) is 5.11 Å². The van der Waals surface area contributed by atoms with Gasteiger partial charge in [-0.05, 0) is 50.8 Å². The molecule has 0 aromatic heterocycles. The Morgan fingerprint density at radius 3 is 2.81 bits per heavy atom. The van der Waals surface area contributed by atoms with E-state index in [9.17, 15) is 0 Å². The first-order chi connectivity index (χ1) is 10.4. The predicted octanol–water partition coefficient (Wildman–Crippen LogP) is 2.17. The lowest BCUT2D eigenvalue weighted by molar-refractivity contribution is 0.117. The van der Waals surface area contributed by atoms with Crippen LogP contribution < -0.4 is 5.32 Å². The first kappa shape index (κ1) is 17.8. The molecule has 118 valence electrons. The Labute approximate surface area is 127 Å². The monoisotopic (exact) mass is 293 g/mol. The van der Waals surface area contributed by atoms with Crippen molar-refractivity contribution in [2.24, 2.45) is 5.11 Å². The molecule has 1 saturated heterocycles. The third kappa shape index (κ3) is 9.33. The summed E-state index contributed by atoms with van der Waals surface area (Å²) < 4.78 is 5.59. The first-order valence-electron chi connectivity index (χ1n) is 7.85. The van der Waals surface area contributed by atoms with Crippen LogP contribution in [-0.2, 0) is 4.74 Å². The number of hydrogen-bond donors (Lipinski definition) is 1. The molecule has 1 rings (SSSR count). The molecule has 0 radical (unpaired) electrons. The largest absolute Gasteiger partial charge is 0.380 e. The first-order valence-corrected chi connectivity index (χ1v) is 7.85. The second-order valence-electron chi connectivity index (χ2n) is 5.30. The van der Waals surface area contributed by atoms with E-state index in [0.29, 0.717) is 0 Å².